The maximum absolute atomic E-state index is 11.8. The van der Waals surface area contributed by atoms with E-state index in [1.807, 2.05) is 24.5 Å². The van der Waals surface area contributed by atoms with E-state index in [0.717, 1.165) is 42.6 Å². The highest BCUT2D eigenvalue weighted by Gasteiger charge is 2.42. The van der Waals surface area contributed by atoms with Crippen LogP contribution in [0.25, 0.3) is 11.1 Å². The summed E-state index contributed by atoms with van der Waals surface area (Å²) in [5.41, 5.74) is 1.90. The number of aryl methyl sites for hydroxylation is 1. The molecule has 30 heavy (non-hydrogen) atoms. The number of benzene rings is 1. The third-order valence-electron chi connectivity index (χ3n) is 5.17. The molecule has 1 saturated heterocycles. The molecule has 0 unspecified atom stereocenters. The van der Waals surface area contributed by atoms with Gasteiger partial charge in [-0.15, -0.1) is 0 Å². The molecule has 162 valence electrons. The van der Waals surface area contributed by atoms with Gasteiger partial charge in [0.25, 0.3) is 0 Å². The predicted octanol–water partition coefficient (Wildman–Crippen LogP) is 6.09. The molecule has 0 bridgehead atoms. The van der Waals surface area contributed by atoms with Gasteiger partial charge >= 0.3 is 6.16 Å². The number of hydrogen-bond acceptors (Lipinski definition) is 6. The van der Waals surface area contributed by atoms with Crippen LogP contribution in [0.3, 0.4) is 0 Å². The number of nitrogens with zero attached hydrogens (tertiary/aromatic N) is 2. The molecule has 0 radical (unpaired) electrons. The summed E-state index contributed by atoms with van der Waals surface area (Å²) in [6.07, 6.45) is 12.9. The monoisotopic (exact) mass is 412 g/mol. The highest BCUT2D eigenvalue weighted by Crippen LogP contribution is 2.28. The SMILES string of the molecule is CCCCCCCCc1ncc(-c2ccc(OC(=O)O[C@H]3O[C@H]3CCC)cc2)cn1. The number of hydrogen-bond donors (Lipinski definition) is 0. The van der Waals surface area contributed by atoms with Gasteiger partial charge in [0.05, 0.1) is 0 Å². The molecule has 2 heterocycles. The number of ether oxygens (including phenoxy) is 3. The Kier molecular flexibility index (Phi) is 8.63. The maximum Gasteiger partial charge on any atom is 0.516 e. The molecule has 0 amide bonds. The van der Waals surface area contributed by atoms with Gasteiger partial charge in [0.1, 0.15) is 17.7 Å². The van der Waals surface area contributed by atoms with Gasteiger partial charge in [0.15, 0.2) is 0 Å². The lowest BCUT2D eigenvalue weighted by Gasteiger charge is -2.06. The number of rotatable bonds is 12. The van der Waals surface area contributed by atoms with Gasteiger partial charge in [-0.2, -0.15) is 0 Å². The molecule has 6 nitrogen and oxygen atoms in total. The molecule has 0 N–H and O–H groups in total. The van der Waals surface area contributed by atoms with Crippen LogP contribution < -0.4 is 4.74 Å². The summed E-state index contributed by atoms with van der Waals surface area (Å²) in [5.74, 6) is 1.32. The highest BCUT2D eigenvalue weighted by molar-refractivity contribution is 5.66. The van der Waals surface area contributed by atoms with E-state index in [0.29, 0.717) is 5.75 Å². The molecule has 1 aliphatic heterocycles. The zero-order chi connectivity index (χ0) is 21.2. The smallest absolute Gasteiger partial charge is 0.401 e. The Morgan fingerprint density at radius 2 is 1.63 bits per heavy atom. The number of epoxide rings is 1. The van der Waals surface area contributed by atoms with Gasteiger partial charge in [-0.05, 0) is 30.5 Å². The van der Waals surface area contributed by atoms with Crippen LogP contribution in [-0.4, -0.2) is 28.5 Å². The van der Waals surface area contributed by atoms with E-state index in [1.54, 1.807) is 12.1 Å². The molecule has 1 aromatic heterocycles. The molecule has 2 aromatic rings. The largest absolute Gasteiger partial charge is 0.516 e. The summed E-state index contributed by atoms with van der Waals surface area (Å²) in [7, 11) is 0. The lowest BCUT2D eigenvalue weighted by Crippen LogP contribution is -2.14. The van der Waals surface area contributed by atoms with E-state index < -0.39 is 12.4 Å². The van der Waals surface area contributed by atoms with Crippen molar-refractivity contribution in [2.24, 2.45) is 0 Å². The molecule has 2 atom stereocenters. The van der Waals surface area contributed by atoms with Crippen LogP contribution in [0.5, 0.6) is 5.75 Å². The molecule has 3 rings (SSSR count). The Bertz CT molecular complexity index is 777. The number of unbranched alkanes of at least 4 members (excludes halogenated alkanes) is 5. The third kappa shape index (κ3) is 7.10. The Balaban J connectivity index is 1.42. The van der Waals surface area contributed by atoms with Crippen molar-refractivity contribution in [2.45, 2.75) is 84.0 Å². The van der Waals surface area contributed by atoms with Crippen LogP contribution >= 0.6 is 0 Å². The first kappa shape index (κ1) is 22.2. The van der Waals surface area contributed by atoms with Crippen LogP contribution in [0.2, 0.25) is 0 Å². The van der Waals surface area contributed by atoms with E-state index >= 15 is 0 Å². The van der Waals surface area contributed by atoms with Crippen molar-refractivity contribution >= 4 is 6.16 Å². The van der Waals surface area contributed by atoms with Crippen LogP contribution in [-0.2, 0) is 15.9 Å². The van der Waals surface area contributed by atoms with Gasteiger partial charge < -0.3 is 14.2 Å². The minimum atomic E-state index is -0.742. The van der Waals surface area contributed by atoms with Crippen LogP contribution in [0.4, 0.5) is 4.79 Å². The van der Waals surface area contributed by atoms with Gasteiger partial charge in [-0.1, -0.05) is 64.5 Å². The molecule has 1 fully saturated rings. The lowest BCUT2D eigenvalue weighted by atomic mass is 10.1. The summed E-state index contributed by atoms with van der Waals surface area (Å²) < 4.78 is 15.6. The summed E-state index contributed by atoms with van der Waals surface area (Å²) >= 11 is 0. The van der Waals surface area contributed by atoms with E-state index in [-0.39, 0.29) is 6.10 Å². The summed E-state index contributed by atoms with van der Waals surface area (Å²) in [5, 5.41) is 0. The van der Waals surface area contributed by atoms with Gasteiger partial charge in [0, 0.05) is 24.4 Å². The second-order valence-electron chi connectivity index (χ2n) is 7.73. The molecule has 0 saturated carbocycles. The first-order chi connectivity index (χ1) is 14.7. The molecular weight excluding hydrogens is 380 g/mol. The fourth-order valence-electron chi connectivity index (χ4n) is 3.35. The quantitative estimate of drug-likeness (QED) is 0.182. The van der Waals surface area contributed by atoms with E-state index in [4.69, 9.17) is 14.2 Å². The van der Waals surface area contributed by atoms with Gasteiger partial charge in [0.2, 0.25) is 6.29 Å². The maximum atomic E-state index is 11.8. The summed E-state index contributed by atoms with van der Waals surface area (Å²) in [6, 6.07) is 7.22. The molecule has 6 heteroatoms. The molecular formula is C24H32N2O4. The van der Waals surface area contributed by atoms with Crippen molar-refractivity contribution in [1.82, 2.24) is 9.97 Å². The fourth-order valence-corrected chi connectivity index (χ4v) is 3.35. The van der Waals surface area contributed by atoms with Crippen LogP contribution in [0, 0.1) is 0 Å². The topological polar surface area (TPSA) is 73.8 Å². The average Bonchev–Trinajstić information content (AvgIpc) is 3.49. The second kappa shape index (κ2) is 11.6. The van der Waals surface area contributed by atoms with Crippen molar-refractivity contribution in [3.63, 3.8) is 0 Å². The van der Waals surface area contributed by atoms with Crippen molar-refractivity contribution in [2.75, 3.05) is 0 Å². The highest BCUT2D eigenvalue weighted by atomic mass is 16.8. The third-order valence-corrected chi connectivity index (χ3v) is 5.17. The number of carbonyl (C=O) groups excluding carboxylic acids is 1. The van der Waals surface area contributed by atoms with Crippen molar-refractivity contribution in [1.29, 1.82) is 0 Å². The average molecular weight is 413 g/mol. The zero-order valence-electron chi connectivity index (χ0n) is 18.0. The van der Waals surface area contributed by atoms with Crippen molar-refractivity contribution in [3.8, 4) is 16.9 Å². The molecule has 1 aliphatic rings. The van der Waals surface area contributed by atoms with Gasteiger partial charge in [-0.25, -0.2) is 14.8 Å². The van der Waals surface area contributed by atoms with Crippen molar-refractivity contribution in [3.05, 3.63) is 42.5 Å². The minimum Gasteiger partial charge on any atom is -0.401 e. The molecule has 1 aromatic carbocycles. The number of aromatic nitrogens is 2. The van der Waals surface area contributed by atoms with Crippen LogP contribution in [0.1, 0.15) is 71.0 Å². The minimum absolute atomic E-state index is 0.00829. The Labute approximate surface area is 179 Å². The summed E-state index contributed by atoms with van der Waals surface area (Å²) in [4.78, 5) is 20.8. The Morgan fingerprint density at radius 1 is 0.933 bits per heavy atom. The Hall–Kier alpha value is -2.47. The number of carbonyl (C=O) groups is 1. The first-order valence-corrected chi connectivity index (χ1v) is 11.1. The lowest BCUT2D eigenvalue weighted by molar-refractivity contribution is 0.0562. The molecule has 0 aliphatic carbocycles. The second-order valence-corrected chi connectivity index (χ2v) is 7.73. The summed E-state index contributed by atoms with van der Waals surface area (Å²) in [6.45, 7) is 4.30. The predicted molar refractivity (Wildman–Crippen MR) is 115 cm³/mol. The van der Waals surface area contributed by atoms with Crippen molar-refractivity contribution < 1.29 is 19.0 Å². The first-order valence-electron chi connectivity index (χ1n) is 11.1. The van der Waals surface area contributed by atoms with E-state index in [1.165, 1.54) is 32.1 Å². The van der Waals surface area contributed by atoms with E-state index in [9.17, 15) is 4.79 Å². The standard InChI is InChI=1S/C24H32N2O4/c1-3-5-6-7-8-9-11-22-25-16-19(17-26-22)18-12-14-20(15-13-18)28-24(27)30-23-21(29-23)10-4-2/h12-17,21,23H,3-11H2,1-2H3/t21-,23+/m0/s1. The van der Waals surface area contributed by atoms with Crippen LogP contribution in [0.15, 0.2) is 36.7 Å². The normalized spacial score (nSPS) is 17.5. The van der Waals surface area contributed by atoms with E-state index in [2.05, 4.69) is 23.8 Å². The fraction of sp³-hybridized carbons (Fsp3) is 0.542. The van der Waals surface area contributed by atoms with Gasteiger partial charge in [-0.3, -0.25) is 0 Å². The zero-order valence-corrected chi connectivity index (χ0v) is 18.0. The molecule has 0 spiro atoms. The Morgan fingerprint density at radius 3 is 2.33 bits per heavy atom.